The second-order valence-electron chi connectivity index (χ2n) is 8.10. The maximum Gasteiger partial charge on any atom is 0.339 e. The molecule has 5 atom stereocenters. The van der Waals surface area contributed by atoms with Gasteiger partial charge in [0.15, 0.2) is 5.78 Å². The van der Waals surface area contributed by atoms with E-state index in [1.54, 1.807) is 6.07 Å². The lowest BCUT2D eigenvalue weighted by Gasteiger charge is -2.16. The first-order valence-electron chi connectivity index (χ1n) is 9.88. The molecule has 0 spiro atoms. The topological polar surface area (TPSA) is 72.8 Å². The van der Waals surface area contributed by atoms with Crippen LogP contribution in [0.4, 0.5) is 4.39 Å². The van der Waals surface area contributed by atoms with Crippen molar-refractivity contribution in [1.29, 1.82) is 0 Å². The van der Waals surface area contributed by atoms with Gasteiger partial charge < -0.3 is 14.6 Å². The van der Waals surface area contributed by atoms with Crippen LogP contribution in [0.25, 0.3) is 0 Å². The first-order chi connectivity index (χ1) is 14.1. The number of ether oxygens (including phenoxy) is 2. The Bertz CT molecular complexity index is 963. The molecule has 1 aliphatic carbocycles. The molecule has 1 unspecified atom stereocenters. The maximum absolute atomic E-state index is 13.8. The van der Waals surface area contributed by atoms with E-state index >= 15 is 0 Å². The van der Waals surface area contributed by atoms with Crippen LogP contribution in [-0.4, -0.2) is 42.9 Å². The van der Waals surface area contributed by atoms with E-state index in [0.29, 0.717) is 48.5 Å². The summed E-state index contributed by atoms with van der Waals surface area (Å²) in [5.74, 6) is -0.327. The smallest absolute Gasteiger partial charge is 0.339 e. The molecule has 3 aliphatic rings. The Labute approximate surface area is 167 Å². The third-order valence-electron chi connectivity index (χ3n) is 6.51. The lowest BCUT2D eigenvalue weighted by atomic mass is 9.86. The largest absolute Gasteiger partial charge is 0.485 e. The number of aromatic carboxylic acids is 1. The highest BCUT2D eigenvalue weighted by molar-refractivity contribution is 6.01. The van der Waals surface area contributed by atoms with Crippen molar-refractivity contribution >= 4 is 11.8 Å². The number of ketones is 1. The first-order valence-corrected chi connectivity index (χ1v) is 9.88. The van der Waals surface area contributed by atoms with E-state index in [9.17, 15) is 19.1 Å². The van der Waals surface area contributed by atoms with Crippen LogP contribution in [-0.2, 0) is 4.74 Å². The summed E-state index contributed by atoms with van der Waals surface area (Å²) >= 11 is 0. The van der Waals surface area contributed by atoms with Crippen molar-refractivity contribution in [2.24, 2.45) is 17.8 Å². The molecule has 2 fully saturated rings. The van der Waals surface area contributed by atoms with E-state index in [0.717, 1.165) is 5.56 Å². The number of hydrogen-bond acceptors (Lipinski definition) is 4. The van der Waals surface area contributed by atoms with E-state index in [1.807, 2.05) is 30.3 Å². The van der Waals surface area contributed by atoms with Crippen molar-refractivity contribution < 1.29 is 28.6 Å². The zero-order valence-corrected chi connectivity index (χ0v) is 15.7. The molecule has 1 N–H and O–H groups in total. The highest BCUT2D eigenvalue weighted by Crippen LogP contribution is 2.53. The summed E-state index contributed by atoms with van der Waals surface area (Å²) in [4.78, 5) is 24.8. The molecule has 0 amide bonds. The zero-order valence-electron chi connectivity index (χ0n) is 15.7. The molecule has 1 saturated carbocycles. The molecule has 6 heteroatoms. The number of carbonyl (C=O) groups excluding carboxylic acids is 1. The third-order valence-corrected chi connectivity index (χ3v) is 6.51. The second kappa shape index (κ2) is 6.95. The molecule has 2 heterocycles. The van der Waals surface area contributed by atoms with Crippen LogP contribution in [0.2, 0.25) is 0 Å². The van der Waals surface area contributed by atoms with Crippen molar-refractivity contribution in [1.82, 2.24) is 0 Å². The lowest BCUT2D eigenvalue weighted by molar-refractivity contribution is 0.0689. The molecule has 0 bridgehead atoms. The summed E-state index contributed by atoms with van der Waals surface area (Å²) in [5, 5.41) is 9.69. The number of rotatable bonds is 6. The van der Waals surface area contributed by atoms with Crippen LogP contribution in [0, 0.1) is 17.8 Å². The summed E-state index contributed by atoms with van der Waals surface area (Å²) in [7, 11) is 0. The van der Waals surface area contributed by atoms with Crippen molar-refractivity contribution in [3.8, 4) is 5.75 Å². The summed E-state index contributed by atoms with van der Waals surface area (Å²) in [6, 6.07) is 12.4. The molecule has 5 rings (SSSR count). The van der Waals surface area contributed by atoms with Gasteiger partial charge in [-0.2, -0.15) is 0 Å². The Hall–Kier alpha value is -2.73. The number of Topliss-reactive ketones (excluding diaryl/α,β-unsaturated/α-hetero) is 1. The summed E-state index contributed by atoms with van der Waals surface area (Å²) in [6.07, 6.45) is -0.421. The number of fused-ring (bicyclic) bond motifs is 2. The summed E-state index contributed by atoms with van der Waals surface area (Å²) in [5.41, 5.74) is 1.68. The number of carboxylic acids is 1. The predicted octanol–water partition coefficient (Wildman–Crippen LogP) is 3.71. The van der Waals surface area contributed by atoms with Gasteiger partial charge in [0.05, 0.1) is 19.1 Å². The number of benzene rings is 2. The fourth-order valence-electron chi connectivity index (χ4n) is 4.92. The monoisotopic (exact) mass is 396 g/mol. The molecule has 2 aromatic rings. The van der Waals surface area contributed by atoms with E-state index in [1.165, 1.54) is 6.07 Å². The number of halogens is 1. The molecule has 2 aromatic carbocycles. The van der Waals surface area contributed by atoms with Crippen LogP contribution in [0.15, 0.2) is 42.5 Å². The Morgan fingerprint density at radius 1 is 1.10 bits per heavy atom. The first kappa shape index (κ1) is 18.3. The van der Waals surface area contributed by atoms with E-state index < -0.39 is 24.7 Å². The molecule has 29 heavy (non-hydrogen) atoms. The normalized spacial score (nSPS) is 29.1. The van der Waals surface area contributed by atoms with Gasteiger partial charge in [0, 0.05) is 17.5 Å². The van der Waals surface area contributed by atoms with E-state index in [2.05, 4.69) is 0 Å². The van der Waals surface area contributed by atoms with Crippen molar-refractivity contribution in [3.63, 3.8) is 0 Å². The van der Waals surface area contributed by atoms with Crippen LogP contribution in [0.1, 0.15) is 44.2 Å². The minimum Gasteiger partial charge on any atom is -0.485 e. The van der Waals surface area contributed by atoms with Gasteiger partial charge in [-0.3, -0.25) is 4.79 Å². The molecule has 0 radical (unpaired) electrons. The molecular weight excluding hydrogens is 375 g/mol. The second-order valence-corrected chi connectivity index (χ2v) is 8.10. The van der Waals surface area contributed by atoms with Crippen LogP contribution < -0.4 is 4.74 Å². The minimum absolute atomic E-state index is 0.0785. The molecule has 2 aliphatic heterocycles. The minimum atomic E-state index is -1.18. The number of carbonyl (C=O) groups is 2. The van der Waals surface area contributed by atoms with Gasteiger partial charge in [-0.05, 0) is 35.4 Å². The van der Waals surface area contributed by atoms with Gasteiger partial charge in [-0.1, -0.05) is 30.3 Å². The molecule has 150 valence electrons. The standard InChI is InChI=1S/C23H21FO5/c24-9-20-21(12-4-2-1-3-5-12)15-6-13(7-16(23(26)27)22(15)29-20)19(25)8-14-17-10-28-11-18(14)17/h1-7,14,17-18,20-21H,8-11H2,(H,26,27)/t14?,17-,18+,20-,21+/m1/s1. The zero-order chi connectivity index (χ0) is 20.1. The Morgan fingerprint density at radius 2 is 1.83 bits per heavy atom. The lowest BCUT2D eigenvalue weighted by Crippen LogP contribution is -2.22. The van der Waals surface area contributed by atoms with Crippen LogP contribution in [0.3, 0.4) is 0 Å². The fourth-order valence-corrected chi connectivity index (χ4v) is 4.92. The van der Waals surface area contributed by atoms with Crippen molar-refractivity contribution in [2.45, 2.75) is 18.4 Å². The molecule has 5 nitrogen and oxygen atoms in total. The fraction of sp³-hybridized carbons (Fsp3) is 0.391. The molecule has 0 aromatic heterocycles. The van der Waals surface area contributed by atoms with Gasteiger partial charge in [0.1, 0.15) is 24.1 Å². The Balaban J connectivity index is 1.53. The van der Waals surface area contributed by atoms with Gasteiger partial charge in [0.2, 0.25) is 0 Å². The highest BCUT2D eigenvalue weighted by Gasteiger charge is 2.54. The summed E-state index contributed by atoms with van der Waals surface area (Å²) < 4.78 is 24.9. The quantitative estimate of drug-likeness (QED) is 0.754. The Morgan fingerprint density at radius 3 is 2.48 bits per heavy atom. The number of hydrogen-bond donors (Lipinski definition) is 1. The Kier molecular flexibility index (Phi) is 4.39. The van der Waals surface area contributed by atoms with Crippen molar-refractivity contribution in [3.05, 3.63) is 64.7 Å². The predicted molar refractivity (Wildman–Crippen MR) is 102 cm³/mol. The average molecular weight is 396 g/mol. The summed E-state index contributed by atoms with van der Waals surface area (Å²) in [6.45, 7) is 0.659. The SMILES string of the molecule is O=C(CC1[C@H]2COC[C@@H]12)c1cc(C(=O)O)c2c(c1)[C@H](c1ccccc1)[C@@H](CF)O2. The van der Waals surface area contributed by atoms with Crippen LogP contribution in [0.5, 0.6) is 5.75 Å². The molecular formula is C23H21FO5. The van der Waals surface area contributed by atoms with E-state index in [-0.39, 0.29) is 17.1 Å². The average Bonchev–Trinajstić information content (AvgIpc) is 3.10. The maximum atomic E-state index is 13.8. The third kappa shape index (κ3) is 3.02. The van der Waals surface area contributed by atoms with Gasteiger partial charge in [-0.15, -0.1) is 0 Å². The van der Waals surface area contributed by atoms with E-state index in [4.69, 9.17) is 9.47 Å². The van der Waals surface area contributed by atoms with Gasteiger partial charge in [0.25, 0.3) is 0 Å². The van der Waals surface area contributed by atoms with Gasteiger partial charge in [-0.25, -0.2) is 9.18 Å². The molecule has 1 saturated heterocycles. The number of alkyl halides is 1. The van der Waals surface area contributed by atoms with Crippen molar-refractivity contribution in [2.75, 3.05) is 19.9 Å². The van der Waals surface area contributed by atoms with Gasteiger partial charge >= 0.3 is 5.97 Å². The van der Waals surface area contributed by atoms with Crippen LogP contribution >= 0.6 is 0 Å². The number of carboxylic acid groups (broad SMARTS) is 1. The highest BCUT2D eigenvalue weighted by atomic mass is 19.1.